The predicted molar refractivity (Wildman–Crippen MR) is 132 cm³/mol. The van der Waals surface area contributed by atoms with Crippen LogP contribution in [0, 0.1) is 19.8 Å². The summed E-state index contributed by atoms with van der Waals surface area (Å²) in [6.45, 7) is 20.7. The van der Waals surface area contributed by atoms with Crippen LogP contribution in [0.3, 0.4) is 0 Å². The third kappa shape index (κ3) is 8.66. The van der Waals surface area contributed by atoms with Crippen LogP contribution in [-0.4, -0.2) is 68.1 Å². The molecule has 0 aromatic heterocycles. The number of piperazine rings is 1. The molecular weight excluding hydrogens is 461 g/mol. The third-order valence-electron chi connectivity index (χ3n) is 5.35. The summed E-state index contributed by atoms with van der Waals surface area (Å²) < 4.78 is 0. The average molecular weight is 502 g/mol. The fraction of sp³-hybridized carbons (Fsp3) is 0.682. The fourth-order valence-corrected chi connectivity index (χ4v) is 3.59. The lowest BCUT2D eigenvalue weighted by atomic mass is 10.1. The summed E-state index contributed by atoms with van der Waals surface area (Å²) in [5.74, 6) is 1.52. The number of hydrogen-bond acceptors (Lipinski definition) is 3. The molecule has 0 saturated carbocycles. The lowest BCUT2D eigenvalue weighted by molar-refractivity contribution is 0.124. The van der Waals surface area contributed by atoms with Gasteiger partial charge in [0.15, 0.2) is 5.96 Å². The van der Waals surface area contributed by atoms with Crippen LogP contribution in [0.2, 0.25) is 0 Å². The Balaban J connectivity index is 0.00000392. The maximum atomic E-state index is 4.79. The minimum absolute atomic E-state index is 0. The highest BCUT2D eigenvalue weighted by molar-refractivity contribution is 14.0. The molecule has 0 radical (unpaired) electrons. The van der Waals surface area contributed by atoms with E-state index in [9.17, 15) is 0 Å². The second-order valence-electron chi connectivity index (χ2n) is 7.85. The molecule has 1 aliphatic heterocycles. The summed E-state index contributed by atoms with van der Waals surface area (Å²) in [5, 5.41) is 6.91. The Morgan fingerprint density at radius 1 is 1.07 bits per heavy atom. The minimum Gasteiger partial charge on any atom is -0.357 e. The highest BCUT2D eigenvalue weighted by Crippen LogP contribution is 2.11. The van der Waals surface area contributed by atoms with E-state index < -0.39 is 0 Å². The van der Waals surface area contributed by atoms with Crippen LogP contribution in [-0.2, 0) is 6.54 Å². The normalized spacial score (nSPS) is 17.1. The van der Waals surface area contributed by atoms with Crippen molar-refractivity contribution in [3.05, 3.63) is 34.9 Å². The van der Waals surface area contributed by atoms with Crippen molar-refractivity contribution in [1.82, 2.24) is 20.4 Å². The topological polar surface area (TPSA) is 42.9 Å². The molecule has 1 fully saturated rings. The third-order valence-corrected chi connectivity index (χ3v) is 5.35. The number of nitrogens with zero attached hydrogens (tertiary/aromatic N) is 3. The molecule has 1 saturated heterocycles. The van der Waals surface area contributed by atoms with Gasteiger partial charge in [-0.3, -0.25) is 0 Å². The van der Waals surface area contributed by atoms with E-state index in [4.69, 9.17) is 4.99 Å². The molecule has 0 amide bonds. The first-order chi connectivity index (χ1) is 13.0. The highest BCUT2D eigenvalue weighted by Gasteiger charge is 2.17. The SMILES string of the molecule is CCNC(=NCc1ccc(C)cc1C)NCC(C)CN1CCN(CC)CC1.I. The van der Waals surface area contributed by atoms with E-state index in [1.807, 2.05) is 0 Å². The van der Waals surface area contributed by atoms with Crippen LogP contribution >= 0.6 is 24.0 Å². The van der Waals surface area contributed by atoms with E-state index in [-0.39, 0.29) is 24.0 Å². The second kappa shape index (κ2) is 13.4. The molecule has 2 rings (SSSR count). The molecule has 1 unspecified atom stereocenters. The zero-order chi connectivity index (χ0) is 19.6. The van der Waals surface area contributed by atoms with Crippen molar-refractivity contribution in [2.45, 2.75) is 41.2 Å². The van der Waals surface area contributed by atoms with Crippen molar-refractivity contribution in [2.24, 2.45) is 10.9 Å². The maximum Gasteiger partial charge on any atom is 0.191 e. The largest absolute Gasteiger partial charge is 0.357 e. The number of aliphatic imine (C=N–C) groups is 1. The molecule has 1 aromatic carbocycles. The van der Waals surface area contributed by atoms with Crippen LogP contribution in [0.15, 0.2) is 23.2 Å². The monoisotopic (exact) mass is 501 g/mol. The molecule has 0 aliphatic carbocycles. The minimum atomic E-state index is 0. The van der Waals surface area contributed by atoms with Gasteiger partial charge in [-0.15, -0.1) is 24.0 Å². The summed E-state index contributed by atoms with van der Waals surface area (Å²) in [5.41, 5.74) is 3.91. The number of rotatable bonds is 8. The molecule has 160 valence electrons. The first-order valence-corrected chi connectivity index (χ1v) is 10.5. The molecule has 6 heteroatoms. The molecule has 1 heterocycles. The van der Waals surface area contributed by atoms with Crippen LogP contribution in [0.4, 0.5) is 0 Å². The molecule has 28 heavy (non-hydrogen) atoms. The Labute approximate surface area is 189 Å². The van der Waals surface area contributed by atoms with Gasteiger partial charge in [0.05, 0.1) is 6.54 Å². The highest BCUT2D eigenvalue weighted by atomic mass is 127. The summed E-state index contributed by atoms with van der Waals surface area (Å²) in [7, 11) is 0. The zero-order valence-electron chi connectivity index (χ0n) is 18.4. The molecule has 2 N–H and O–H groups in total. The zero-order valence-corrected chi connectivity index (χ0v) is 20.8. The molecule has 5 nitrogen and oxygen atoms in total. The summed E-state index contributed by atoms with van der Waals surface area (Å²) in [4.78, 5) is 9.91. The van der Waals surface area contributed by atoms with Crippen molar-refractivity contribution in [3.8, 4) is 0 Å². The van der Waals surface area contributed by atoms with Crippen molar-refractivity contribution in [2.75, 3.05) is 52.4 Å². The number of aryl methyl sites for hydroxylation is 2. The molecule has 1 atom stereocenters. The lowest BCUT2D eigenvalue weighted by Gasteiger charge is -2.35. The van der Waals surface area contributed by atoms with Crippen molar-refractivity contribution in [3.63, 3.8) is 0 Å². The number of guanidine groups is 1. The summed E-state index contributed by atoms with van der Waals surface area (Å²) in [6, 6.07) is 6.58. The lowest BCUT2D eigenvalue weighted by Crippen LogP contribution is -2.48. The van der Waals surface area contributed by atoms with Gasteiger partial charge >= 0.3 is 0 Å². The van der Waals surface area contributed by atoms with Crippen LogP contribution in [0.25, 0.3) is 0 Å². The Morgan fingerprint density at radius 2 is 1.75 bits per heavy atom. The quantitative estimate of drug-likeness (QED) is 0.326. The Morgan fingerprint density at radius 3 is 2.36 bits per heavy atom. The molecule has 0 bridgehead atoms. The Hall–Kier alpha value is -0.860. The van der Waals surface area contributed by atoms with Gasteiger partial charge in [-0.25, -0.2) is 4.99 Å². The fourth-order valence-electron chi connectivity index (χ4n) is 3.59. The molecule has 1 aromatic rings. The molecule has 1 aliphatic rings. The van der Waals surface area contributed by atoms with Gasteiger partial charge in [-0.05, 0) is 44.4 Å². The van der Waals surface area contributed by atoms with E-state index >= 15 is 0 Å². The standard InChI is InChI=1S/C22H39N5.HI/c1-6-23-22(25-16-21-9-8-18(3)14-20(21)5)24-15-19(4)17-27-12-10-26(7-2)11-13-27;/h8-9,14,19H,6-7,10-13,15-17H2,1-5H3,(H2,23,24,25);1H. The van der Waals surface area contributed by atoms with Crippen molar-refractivity contribution < 1.29 is 0 Å². The van der Waals surface area contributed by atoms with Crippen LogP contribution in [0.5, 0.6) is 0 Å². The summed E-state index contributed by atoms with van der Waals surface area (Å²) >= 11 is 0. The van der Waals surface area contributed by atoms with Gasteiger partial charge in [0.1, 0.15) is 0 Å². The van der Waals surface area contributed by atoms with E-state index in [1.165, 1.54) is 49.4 Å². The van der Waals surface area contributed by atoms with Gasteiger partial charge in [-0.1, -0.05) is 37.6 Å². The number of benzene rings is 1. The first-order valence-electron chi connectivity index (χ1n) is 10.5. The van der Waals surface area contributed by atoms with Crippen molar-refractivity contribution in [1.29, 1.82) is 0 Å². The first kappa shape index (κ1) is 25.2. The number of halogens is 1. The van der Waals surface area contributed by atoms with E-state index in [1.54, 1.807) is 0 Å². The molecular formula is C22H40IN5. The number of likely N-dealkylation sites (N-methyl/N-ethyl adjacent to an activating group) is 1. The molecule has 0 spiro atoms. The van der Waals surface area contributed by atoms with Crippen LogP contribution < -0.4 is 10.6 Å². The van der Waals surface area contributed by atoms with Gasteiger partial charge in [-0.2, -0.15) is 0 Å². The van der Waals surface area contributed by atoms with Gasteiger partial charge < -0.3 is 20.4 Å². The van der Waals surface area contributed by atoms with Gasteiger partial charge in [0.25, 0.3) is 0 Å². The predicted octanol–water partition coefficient (Wildman–Crippen LogP) is 3.25. The van der Waals surface area contributed by atoms with Gasteiger partial charge in [0.2, 0.25) is 0 Å². The van der Waals surface area contributed by atoms with Crippen LogP contribution in [0.1, 0.15) is 37.5 Å². The summed E-state index contributed by atoms with van der Waals surface area (Å²) in [6.07, 6.45) is 0. The van der Waals surface area contributed by atoms with E-state index in [0.29, 0.717) is 5.92 Å². The maximum absolute atomic E-state index is 4.79. The smallest absolute Gasteiger partial charge is 0.191 e. The van der Waals surface area contributed by atoms with Crippen molar-refractivity contribution >= 4 is 29.9 Å². The van der Waals surface area contributed by atoms with E-state index in [0.717, 1.165) is 32.1 Å². The average Bonchev–Trinajstić information content (AvgIpc) is 2.66. The second-order valence-corrected chi connectivity index (χ2v) is 7.85. The van der Waals surface area contributed by atoms with Gasteiger partial charge in [0, 0.05) is 45.8 Å². The number of nitrogens with one attached hydrogen (secondary N) is 2. The Bertz CT molecular complexity index is 597. The Kier molecular flexibility index (Phi) is 12.0. The number of hydrogen-bond donors (Lipinski definition) is 2. The van der Waals surface area contributed by atoms with E-state index in [2.05, 4.69) is 73.3 Å².